The summed E-state index contributed by atoms with van der Waals surface area (Å²) >= 11 is 6.19. The number of halogens is 1. The molecule has 0 atom stereocenters. The number of anilines is 1. The van der Waals surface area contributed by atoms with Crippen LogP contribution in [-0.4, -0.2) is 25.4 Å². The molecule has 0 saturated heterocycles. The number of hydrazone groups is 1. The predicted molar refractivity (Wildman–Crippen MR) is 124 cm³/mol. The molecule has 0 amide bonds. The number of methoxy groups -OCH3 is 2. The van der Waals surface area contributed by atoms with Crippen LogP contribution in [0.5, 0.6) is 11.5 Å². The molecular formula is C24H23ClN4O3. The summed E-state index contributed by atoms with van der Waals surface area (Å²) in [4.78, 5) is 4.37. The van der Waals surface area contributed by atoms with Crippen LogP contribution in [0.15, 0.2) is 53.6 Å². The Morgan fingerprint density at radius 1 is 1.09 bits per heavy atom. The third kappa shape index (κ3) is 5.76. The van der Waals surface area contributed by atoms with E-state index in [4.69, 9.17) is 25.8 Å². The van der Waals surface area contributed by atoms with E-state index in [9.17, 15) is 5.26 Å². The molecule has 0 unspecified atom stereocenters. The molecule has 1 aromatic heterocycles. The van der Waals surface area contributed by atoms with Gasteiger partial charge in [-0.3, -0.25) is 5.43 Å². The molecule has 1 N–H and O–H groups in total. The first-order chi connectivity index (χ1) is 15.5. The summed E-state index contributed by atoms with van der Waals surface area (Å²) in [6.45, 7) is 2.49. The van der Waals surface area contributed by atoms with E-state index in [0.717, 1.165) is 22.4 Å². The largest absolute Gasteiger partial charge is 0.493 e. The Morgan fingerprint density at radius 3 is 2.62 bits per heavy atom. The second kappa shape index (κ2) is 11.1. The van der Waals surface area contributed by atoms with Gasteiger partial charge < -0.3 is 14.2 Å². The minimum Gasteiger partial charge on any atom is -0.493 e. The van der Waals surface area contributed by atoms with Crippen molar-refractivity contribution in [2.45, 2.75) is 20.1 Å². The third-order valence-electron chi connectivity index (χ3n) is 4.55. The lowest BCUT2D eigenvalue weighted by Gasteiger charge is -2.12. The summed E-state index contributed by atoms with van der Waals surface area (Å²) in [5, 5.41) is 14.4. The molecule has 1 heterocycles. The van der Waals surface area contributed by atoms with E-state index >= 15 is 0 Å². The van der Waals surface area contributed by atoms with Gasteiger partial charge in [0.25, 0.3) is 0 Å². The van der Waals surface area contributed by atoms with Gasteiger partial charge in [-0.2, -0.15) is 10.4 Å². The fourth-order valence-corrected chi connectivity index (χ4v) is 3.23. The highest BCUT2D eigenvalue weighted by Gasteiger charge is 2.11. The van der Waals surface area contributed by atoms with Gasteiger partial charge in [0.2, 0.25) is 0 Å². The molecule has 0 aliphatic rings. The number of ether oxygens (including phenoxy) is 3. The van der Waals surface area contributed by atoms with Gasteiger partial charge in [0, 0.05) is 29.0 Å². The number of nitriles is 1. The average Bonchev–Trinajstić information content (AvgIpc) is 2.79. The molecule has 0 fully saturated rings. The summed E-state index contributed by atoms with van der Waals surface area (Å²) in [5.74, 6) is 1.53. The van der Waals surface area contributed by atoms with Crippen LogP contribution in [0.4, 0.5) is 5.82 Å². The van der Waals surface area contributed by atoms with E-state index in [-0.39, 0.29) is 0 Å². The molecule has 32 heavy (non-hydrogen) atoms. The van der Waals surface area contributed by atoms with Gasteiger partial charge in [-0.05, 0) is 42.8 Å². The minimum absolute atomic E-state index is 0.317. The van der Waals surface area contributed by atoms with Crippen LogP contribution in [0.2, 0.25) is 5.02 Å². The van der Waals surface area contributed by atoms with Gasteiger partial charge in [-0.1, -0.05) is 29.8 Å². The van der Waals surface area contributed by atoms with Crippen LogP contribution < -0.4 is 14.9 Å². The predicted octanol–water partition coefficient (Wildman–Crippen LogP) is 5.10. The smallest absolute Gasteiger partial charge is 0.164 e. The zero-order valence-corrected chi connectivity index (χ0v) is 18.8. The first kappa shape index (κ1) is 23.1. The fraction of sp³-hybridized carbons (Fsp3) is 0.208. The molecule has 0 radical (unpaired) electrons. The van der Waals surface area contributed by atoms with Crippen molar-refractivity contribution in [1.29, 1.82) is 5.26 Å². The standard InChI is InChI=1S/C24H23ClN4O3/c1-16-10-19(14-30-2)20(12-26)24(28-16)29-27-13-17-8-9-22(23(11-17)31-3)32-15-18-6-4-5-7-21(18)25/h4-11,13H,14-15H2,1-3H3,(H,28,29). The number of aromatic nitrogens is 1. The molecule has 164 valence electrons. The molecule has 0 spiro atoms. The Kier molecular flexibility index (Phi) is 8.03. The van der Waals surface area contributed by atoms with E-state index in [1.165, 1.54) is 0 Å². The van der Waals surface area contributed by atoms with Crippen molar-refractivity contribution >= 4 is 23.6 Å². The number of nitrogens with zero attached hydrogens (tertiary/aromatic N) is 3. The van der Waals surface area contributed by atoms with Gasteiger partial charge in [-0.15, -0.1) is 0 Å². The second-order valence-electron chi connectivity index (χ2n) is 6.85. The number of hydrogen-bond acceptors (Lipinski definition) is 7. The van der Waals surface area contributed by atoms with Crippen molar-refractivity contribution < 1.29 is 14.2 Å². The van der Waals surface area contributed by atoms with Crippen molar-refractivity contribution in [3.63, 3.8) is 0 Å². The molecule has 2 aromatic carbocycles. The van der Waals surface area contributed by atoms with Crippen LogP contribution in [0, 0.1) is 18.3 Å². The van der Waals surface area contributed by atoms with Crippen molar-refractivity contribution in [2.75, 3.05) is 19.6 Å². The molecule has 3 aromatic rings. The van der Waals surface area contributed by atoms with E-state index < -0.39 is 0 Å². The Balaban J connectivity index is 1.73. The van der Waals surface area contributed by atoms with E-state index in [0.29, 0.717) is 41.1 Å². The number of aryl methyl sites for hydroxylation is 1. The van der Waals surface area contributed by atoms with Gasteiger partial charge >= 0.3 is 0 Å². The molecule has 0 bridgehead atoms. The summed E-state index contributed by atoms with van der Waals surface area (Å²) in [6.07, 6.45) is 1.61. The van der Waals surface area contributed by atoms with Gasteiger partial charge in [-0.25, -0.2) is 4.98 Å². The minimum atomic E-state index is 0.317. The summed E-state index contributed by atoms with van der Waals surface area (Å²) in [5.41, 5.74) is 6.43. The lowest BCUT2D eigenvalue weighted by Crippen LogP contribution is -2.03. The van der Waals surface area contributed by atoms with Gasteiger partial charge in [0.1, 0.15) is 18.2 Å². The van der Waals surface area contributed by atoms with E-state index in [1.807, 2.05) is 43.3 Å². The normalized spacial score (nSPS) is 10.7. The number of pyridine rings is 1. The molecular weight excluding hydrogens is 428 g/mol. The van der Waals surface area contributed by atoms with E-state index in [1.54, 1.807) is 32.6 Å². The first-order valence-electron chi connectivity index (χ1n) is 9.78. The zero-order chi connectivity index (χ0) is 22.9. The van der Waals surface area contributed by atoms with Crippen LogP contribution in [0.1, 0.15) is 27.9 Å². The molecule has 7 nitrogen and oxygen atoms in total. The van der Waals surface area contributed by atoms with Crippen LogP contribution in [-0.2, 0) is 18.0 Å². The Labute approximate surface area is 192 Å². The maximum Gasteiger partial charge on any atom is 0.164 e. The Morgan fingerprint density at radius 2 is 1.91 bits per heavy atom. The topological polar surface area (TPSA) is 88.8 Å². The number of rotatable bonds is 9. The summed E-state index contributed by atoms with van der Waals surface area (Å²) < 4.78 is 16.5. The Hall–Kier alpha value is -3.60. The van der Waals surface area contributed by atoms with Crippen molar-refractivity contribution in [2.24, 2.45) is 5.10 Å². The quantitative estimate of drug-likeness (QED) is 0.360. The number of benzene rings is 2. The second-order valence-corrected chi connectivity index (χ2v) is 7.26. The lowest BCUT2D eigenvalue weighted by molar-refractivity contribution is 0.184. The van der Waals surface area contributed by atoms with Crippen molar-refractivity contribution in [3.05, 3.63) is 81.5 Å². The maximum absolute atomic E-state index is 9.51. The first-order valence-corrected chi connectivity index (χ1v) is 10.2. The highest BCUT2D eigenvalue weighted by Crippen LogP contribution is 2.29. The van der Waals surface area contributed by atoms with E-state index in [2.05, 4.69) is 21.6 Å². The molecule has 3 rings (SSSR count). The van der Waals surface area contributed by atoms with Crippen LogP contribution in [0.3, 0.4) is 0 Å². The van der Waals surface area contributed by atoms with Gasteiger partial charge in [0.15, 0.2) is 17.3 Å². The highest BCUT2D eigenvalue weighted by molar-refractivity contribution is 6.31. The van der Waals surface area contributed by atoms with Gasteiger partial charge in [0.05, 0.1) is 19.9 Å². The number of hydrogen-bond donors (Lipinski definition) is 1. The molecule has 0 saturated carbocycles. The van der Waals surface area contributed by atoms with Crippen molar-refractivity contribution in [3.8, 4) is 17.6 Å². The van der Waals surface area contributed by atoms with Crippen LogP contribution >= 0.6 is 11.6 Å². The zero-order valence-electron chi connectivity index (χ0n) is 18.1. The monoisotopic (exact) mass is 450 g/mol. The molecule has 0 aliphatic carbocycles. The van der Waals surface area contributed by atoms with Crippen LogP contribution in [0.25, 0.3) is 0 Å². The molecule has 8 heteroatoms. The average molecular weight is 451 g/mol. The Bertz CT molecular complexity index is 1160. The lowest BCUT2D eigenvalue weighted by atomic mass is 10.1. The number of nitrogens with one attached hydrogen (secondary N) is 1. The summed E-state index contributed by atoms with van der Waals surface area (Å²) in [7, 11) is 3.15. The maximum atomic E-state index is 9.51. The third-order valence-corrected chi connectivity index (χ3v) is 4.92. The fourth-order valence-electron chi connectivity index (χ4n) is 3.04. The van der Waals surface area contributed by atoms with Crippen molar-refractivity contribution in [1.82, 2.24) is 4.98 Å². The summed E-state index contributed by atoms with van der Waals surface area (Å²) in [6, 6.07) is 17.0. The molecule has 0 aliphatic heterocycles. The highest BCUT2D eigenvalue weighted by atomic mass is 35.5. The SMILES string of the molecule is COCc1cc(C)nc(NN=Cc2ccc(OCc3ccccc3Cl)c(OC)c2)c1C#N.